The summed E-state index contributed by atoms with van der Waals surface area (Å²) in [5, 5.41) is 2.87. The third-order valence-corrected chi connectivity index (χ3v) is 3.03. The number of aryl methyl sites for hydroxylation is 1. The largest absolute Gasteiger partial charge is 0.322 e. The van der Waals surface area contributed by atoms with E-state index < -0.39 is 0 Å². The molecule has 0 saturated heterocycles. The molecule has 1 aromatic heterocycles. The molecule has 0 radical (unpaired) electrons. The molecule has 1 aromatic carbocycles. The van der Waals surface area contributed by atoms with Gasteiger partial charge in [0.15, 0.2) is 0 Å². The molecule has 86 valence electrons. The fourth-order valence-electron chi connectivity index (χ4n) is 1.46. The lowest BCUT2D eigenvalue weighted by Crippen LogP contribution is -2.12. The van der Waals surface area contributed by atoms with Crippen LogP contribution in [0, 0.1) is 10.5 Å². The second-order valence-corrected chi connectivity index (χ2v) is 4.90. The number of amides is 1. The number of rotatable bonds is 2. The van der Waals surface area contributed by atoms with E-state index >= 15 is 0 Å². The minimum atomic E-state index is -0.137. The average molecular weight is 338 g/mol. The number of carbonyl (C=O) groups excluding carboxylic acids is 1. The Morgan fingerprint density at radius 2 is 2.18 bits per heavy atom. The maximum atomic E-state index is 11.9. The number of carbonyl (C=O) groups is 1. The molecule has 17 heavy (non-hydrogen) atoms. The monoisotopic (exact) mass is 338 g/mol. The Hall–Kier alpha value is -1.43. The maximum absolute atomic E-state index is 11.9. The van der Waals surface area contributed by atoms with Crippen molar-refractivity contribution in [3.05, 3.63) is 57.4 Å². The van der Waals surface area contributed by atoms with Crippen LogP contribution in [0.1, 0.15) is 15.9 Å². The van der Waals surface area contributed by atoms with E-state index in [4.69, 9.17) is 0 Å². The van der Waals surface area contributed by atoms with Crippen LogP contribution in [0.2, 0.25) is 0 Å². The zero-order chi connectivity index (χ0) is 12.3. The van der Waals surface area contributed by atoms with Crippen LogP contribution >= 0.6 is 22.6 Å². The molecule has 2 rings (SSSR count). The lowest BCUT2D eigenvalue weighted by molar-refractivity contribution is 0.102. The van der Waals surface area contributed by atoms with Crippen molar-refractivity contribution in [3.63, 3.8) is 0 Å². The number of hydrogen-bond donors (Lipinski definition) is 1. The van der Waals surface area contributed by atoms with Crippen LogP contribution < -0.4 is 5.32 Å². The first-order valence-electron chi connectivity index (χ1n) is 5.14. The number of nitrogens with zero attached hydrogens (tertiary/aromatic N) is 1. The Morgan fingerprint density at radius 3 is 2.82 bits per heavy atom. The summed E-state index contributed by atoms with van der Waals surface area (Å²) in [6.07, 6.45) is 3.20. The Bertz CT molecular complexity index is 540. The fraction of sp³-hybridized carbons (Fsp3) is 0.0769. The zero-order valence-corrected chi connectivity index (χ0v) is 11.4. The standard InChI is InChI=1S/C13H11IN2O/c1-9-7-11(14)4-5-12(9)16-13(17)10-3-2-6-15-8-10/h2-8H,1H3,(H,16,17). The molecule has 0 unspecified atom stereocenters. The summed E-state index contributed by atoms with van der Waals surface area (Å²) >= 11 is 2.24. The van der Waals surface area contributed by atoms with Gasteiger partial charge in [0, 0.05) is 21.7 Å². The summed E-state index contributed by atoms with van der Waals surface area (Å²) in [6, 6.07) is 9.39. The second-order valence-electron chi connectivity index (χ2n) is 3.66. The number of anilines is 1. The third-order valence-electron chi connectivity index (χ3n) is 2.36. The summed E-state index contributed by atoms with van der Waals surface area (Å²) in [7, 11) is 0. The molecule has 0 atom stereocenters. The smallest absolute Gasteiger partial charge is 0.257 e. The highest BCUT2D eigenvalue weighted by atomic mass is 127. The van der Waals surface area contributed by atoms with E-state index in [9.17, 15) is 4.79 Å². The predicted octanol–water partition coefficient (Wildman–Crippen LogP) is 3.25. The van der Waals surface area contributed by atoms with Crippen molar-refractivity contribution in [1.29, 1.82) is 0 Å². The molecular weight excluding hydrogens is 327 g/mol. The van der Waals surface area contributed by atoms with E-state index in [0.717, 1.165) is 14.8 Å². The molecule has 2 aromatic rings. The summed E-state index contributed by atoms with van der Waals surface area (Å²) < 4.78 is 1.15. The van der Waals surface area contributed by atoms with E-state index in [-0.39, 0.29) is 5.91 Å². The van der Waals surface area contributed by atoms with Gasteiger partial charge < -0.3 is 5.32 Å². The summed E-state index contributed by atoms with van der Waals surface area (Å²) in [5.74, 6) is -0.137. The van der Waals surface area contributed by atoms with Crippen LogP contribution in [0.25, 0.3) is 0 Å². The maximum Gasteiger partial charge on any atom is 0.257 e. The first kappa shape index (κ1) is 12.0. The van der Waals surface area contributed by atoms with Gasteiger partial charge in [-0.1, -0.05) is 0 Å². The van der Waals surface area contributed by atoms with Crippen LogP contribution in [-0.2, 0) is 0 Å². The van der Waals surface area contributed by atoms with Crippen LogP contribution in [0.5, 0.6) is 0 Å². The van der Waals surface area contributed by atoms with Crippen molar-refractivity contribution >= 4 is 34.2 Å². The Labute approximate surface area is 113 Å². The average Bonchev–Trinajstić information content (AvgIpc) is 2.34. The summed E-state index contributed by atoms with van der Waals surface area (Å²) in [6.45, 7) is 1.97. The molecule has 3 nitrogen and oxygen atoms in total. The normalized spacial score (nSPS) is 10.0. The number of nitrogens with one attached hydrogen (secondary N) is 1. The summed E-state index contributed by atoms with van der Waals surface area (Å²) in [5.41, 5.74) is 2.44. The van der Waals surface area contributed by atoms with E-state index in [1.807, 2.05) is 25.1 Å². The Balaban J connectivity index is 2.19. The molecule has 0 saturated carbocycles. The van der Waals surface area contributed by atoms with Gasteiger partial charge in [0.05, 0.1) is 5.56 Å². The van der Waals surface area contributed by atoms with Crippen molar-refractivity contribution in [2.45, 2.75) is 6.92 Å². The number of halogens is 1. The summed E-state index contributed by atoms with van der Waals surface area (Å²) in [4.78, 5) is 15.8. The van der Waals surface area contributed by atoms with E-state index in [1.165, 1.54) is 0 Å². The highest BCUT2D eigenvalue weighted by Gasteiger charge is 2.07. The van der Waals surface area contributed by atoms with E-state index in [2.05, 4.69) is 32.9 Å². The van der Waals surface area contributed by atoms with Gasteiger partial charge in [-0.25, -0.2) is 0 Å². The minimum Gasteiger partial charge on any atom is -0.322 e. The lowest BCUT2D eigenvalue weighted by Gasteiger charge is -2.08. The van der Waals surface area contributed by atoms with Gasteiger partial charge in [-0.15, -0.1) is 0 Å². The highest BCUT2D eigenvalue weighted by Crippen LogP contribution is 2.18. The van der Waals surface area contributed by atoms with Crippen molar-refractivity contribution in [2.75, 3.05) is 5.32 Å². The van der Waals surface area contributed by atoms with Gasteiger partial charge in [0.1, 0.15) is 0 Å². The third kappa shape index (κ3) is 3.03. The van der Waals surface area contributed by atoms with Gasteiger partial charge in [-0.3, -0.25) is 9.78 Å². The predicted molar refractivity (Wildman–Crippen MR) is 76.1 cm³/mol. The van der Waals surface area contributed by atoms with E-state index in [1.54, 1.807) is 24.5 Å². The van der Waals surface area contributed by atoms with Crippen LogP contribution in [0.15, 0.2) is 42.7 Å². The molecule has 0 aliphatic heterocycles. The second kappa shape index (κ2) is 5.27. The molecule has 0 spiro atoms. The van der Waals surface area contributed by atoms with Gasteiger partial charge in [0.25, 0.3) is 5.91 Å². The van der Waals surface area contributed by atoms with Crippen molar-refractivity contribution in [3.8, 4) is 0 Å². The number of aromatic nitrogens is 1. The molecule has 0 fully saturated rings. The number of hydrogen-bond acceptors (Lipinski definition) is 2. The molecule has 4 heteroatoms. The lowest BCUT2D eigenvalue weighted by atomic mass is 10.2. The first-order chi connectivity index (χ1) is 8.16. The van der Waals surface area contributed by atoms with Gasteiger partial charge in [-0.05, 0) is 65.4 Å². The number of benzene rings is 1. The molecule has 1 heterocycles. The first-order valence-corrected chi connectivity index (χ1v) is 6.22. The molecule has 0 bridgehead atoms. The Morgan fingerprint density at radius 1 is 1.35 bits per heavy atom. The highest BCUT2D eigenvalue weighted by molar-refractivity contribution is 14.1. The topological polar surface area (TPSA) is 42.0 Å². The molecule has 0 aliphatic rings. The minimum absolute atomic E-state index is 0.137. The Kier molecular flexibility index (Phi) is 3.73. The molecule has 0 aliphatic carbocycles. The van der Waals surface area contributed by atoms with Crippen molar-refractivity contribution in [1.82, 2.24) is 4.98 Å². The van der Waals surface area contributed by atoms with E-state index in [0.29, 0.717) is 5.56 Å². The fourth-order valence-corrected chi connectivity index (χ4v) is 2.11. The number of pyridine rings is 1. The SMILES string of the molecule is Cc1cc(I)ccc1NC(=O)c1cccnc1. The van der Waals surface area contributed by atoms with Gasteiger partial charge in [0.2, 0.25) is 0 Å². The van der Waals surface area contributed by atoms with Crippen molar-refractivity contribution < 1.29 is 4.79 Å². The van der Waals surface area contributed by atoms with Gasteiger partial charge >= 0.3 is 0 Å². The molecule has 1 N–H and O–H groups in total. The van der Waals surface area contributed by atoms with Crippen LogP contribution in [-0.4, -0.2) is 10.9 Å². The molecule has 1 amide bonds. The molecular formula is C13H11IN2O. The quantitative estimate of drug-likeness (QED) is 0.854. The van der Waals surface area contributed by atoms with Crippen LogP contribution in [0.3, 0.4) is 0 Å². The zero-order valence-electron chi connectivity index (χ0n) is 9.27. The van der Waals surface area contributed by atoms with Crippen LogP contribution in [0.4, 0.5) is 5.69 Å². The van der Waals surface area contributed by atoms with Gasteiger partial charge in [-0.2, -0.15) is 0 Å². The van der Waals surface area contributed by atoms with Crippen molar-refractivity contribution in [2.24, 2.45) is 0 Å².